The smallest absolute Gasteiger partial charge is 0.186 e. The van der Waals surface area contributed by atoms with Gasteiger partial charge in [0.15, 0.2) is 5.78 Å². The number of benzene rings is 2. The number of aromatic hydroxyl groups is 1. The van der Waals surface area contributed by atoms with Crippen molar-refractivity contribution >= 4 is 20.6 Å². The molecule has 0 fully saturated rings. The molecule has 2 aromatic carbocycles. The Kier molecular flexibility index (Phi) is 5.71. The Labute approximate surface area is 152 Å². The highest BCUT2D eigenvalue weighted by Crippen LogP contribution is 2.34. The number of carbonyl (C=O) groups excluding carboxylic acids is 1. The summed E-state index contributed by atoms with van der Waals surface area (Å²) >= 11 is 0. The molecular weight excluding hydrogens is 327 g/mol. The van der Waals surface area contributed by atoms with E-state index in [-0.39, 0.29) is 5.78 Å². The lowest BCUT2D eigenvalue weighted by atomic mass is 9.83. The summed E-state index contributed by atoms with van der Waals surface area (Å²) < 4.78 is 0. The molecule has 1 atom stereocenters. The van der Waals surface area contributed by atoms with Crippen LogP contribution in [-0.2, 0) is 19.3 Å². The van der Waals surface area contributed by atoms with Crippen molar-refractivity contribution < 1.29 is 9.90 Å². The zero-order valence-electron chi connectivity index (χ0n) is 14.7. The minimum atomic E-state index is 0.0375. The number of hydrogen-bond donors (Lipinski definition) is 1. The fourth-order valence-corrected chi connectivity index (χ4v) is 3.82. The fourth-order valence-electron chi connectivity index (χ4n) is 3.53. The Bertz CT molecular complexity index is 804. The molecule has 1 unspecified atom stereocenters. The third-order valence-corrected chi connectivity index (χ3v) is 5.35. The van der Waals surface area contributed by atoms with Crippen molar-refractivity contribution in [2.45, 2.75) is 39.0 Å². The summed E-state index contributed by atoms with van der Waals surface area (Å²) in [5, 5.41) is 10.1. The van der Waals surface area contributed by atoms with E-state index in [0.717, 1.165) is 46.8 Å². The second-order valence-corrected chi connectivity index (χ2v) is 7.17. The molecule has 1 aliphatic carbocycles. The first kappa shape index (κ1) is 17.9. The number of unbranched alkanes of at least 4 members (excludes halogenated alkanes) is 1. The molecule has 1 N–H and O–H groups in total. The zero-order valence-corrected chi connectivity index (χ0v) is 15.9. The normalized spacial score (nSPS) is 13.5. The summed E-state index contributed by atoms with van der Waals surface area (Å²) in [6.07, 6.45) is 7.86. The third kappa shape index (κ3) is 3.85. The summed E-state index contributed by atoms with van der Waals surface area (Å²) in [6, 6.07) is 12.0. The first-order valence-electron chi connectivity index (χ1n) is 9.02. The van der Waals surface area contributed by atoms with Crippen molar-refractivity contribution in [3.8, 4) is 5.75 Å². The van der Waals surface area contributed by atoms with E-state index in [1.54, 1.807) is 18.2 Å². The second-order valence-electron chi connectivity index (χ2n) is 6.60. The van der Waals surface area contributed by atoms with Crippen LogP contribution in [0.3, 0.4) is 0 Å². The van der Waals surface area contributed by atoms with Gasteiger partial charge in [-0.2, -0.15) is 0 Å². The average molecular weight is 352 g/mol. The Morgan fingerprint density at radius 2 is 1.84 bits per heavy atom. The Morgan fingerprint density at radius 3 is 2.52 bits per heavy atom. The van der Waals surface area contributed by atoms with Gasteiger partial charge in [0.05, 0.1) is 0 Å². The number of carbonyl (C=O) groups is 1. The predicted octanol–water partition coefficient (Wildman–Crippen LogP) is 4.97. The van der Waals surface area contributed by atoms with E-state index in [1.165, 1.54) is 18.4 Å². The molecule has 1 aliphatic rings. The van der Waals surface area contributed by atoms with E-state index >= 15 is 0 Å². The first-order valence-corrected chi connectivity index (χ1v) is 9.83. The number of rotatable bonds is 6. The molecule has 0 saturated carbocycles. The van der Waals surface area contributed by atoms with Crippen molar-refractivity contribution in [1.82, 2.24) is 0 Å². The van der Waals surface area contributed by atoms with E-state index in [1.807, 2.05) is 6.92 Å². The van der Waals surface area contributed by atoms with E-state index in [2.05, 4.69) is 33.5 Å². The standard InChI is InChI=1S/C22H25O2P/c1-2-18-20-13-17(14-22(24)19(20)10-11-21(18)23)16-8-6-15(7-9-16)5-3-4-12-25/h6-11,14,23H,2-5,12-13,25H2,1H3. The van der Waals surface area contributed by atoms with Crippen LogP contribution in [0.1, 0.15) is 52.4 Å². The number of ketones is 1. The predicted molar refractivity (Wildman–Crippen MR) is 107 cm³/mol. The molecule has 0 saturated heterocycles. The summed E-state index contributed by atoms with van der Waals surface area (Å²) in [6.45, 7) is 2.02. The van der Waals surface area contributed by atoms with Gasteiger partial charge in [0, 0.05) is 5.56 Å². The lowest BCUT2D eigenvalue weighted by molar-refractivity contribution is 0.104. The molecule has 25 heavy (non-hydrogen) atoms. The number of hydrogen-bond acceptors (Lipinski definition) is 2. The van der Waals surface area contributed by atoms with Gasteiger partial charge in [-0.3, -0.25) is 4.79 Å². The van der Waals surface area contributed by atoms with E-state index < -0.39 is 0 Å². The Morgan fingerprint density at radius 1 is 1.08 bits per heavy atom. The summed E-state index contributed by atoms with van der Waals surface area (Å²) in [7, 11) is 2.77. The highest BCUT2D eigenvalue weighted by atomic mass is 31.0. The van der Waals surface area contributed by atoms with Gasteiger partial charge in [-0.05, 0) is 84.3 Å². The SMILES string of the molecule is CCc1c(O)ccc2c1CC(c1ccc(CCCCP)cc1)=CC2=O. The van der Waals surface area contributed by atoms with Crippen LogP contribution in [-0.4, -0.2) is 17.1 Å². The van der Waals surface area contributed by atoms with Crippen LogP contribution in [0.5, 0.6) is 5.75 Å². The lowest BCUT2D eigenvalue weighted by Gasteiger charge is -2.20. The number of allylic oxidation sites excluding steroid dienone is 2. The van der Waals surface area contributed by atoms with E-state index in [9.17, 15) is 9.90 Å². The van der Waals surface area contributed by atoms with Crippen molar-refractivity contribution in [3.63, 3.8) is 0 Å². The molecule has 3 heteroatoms. The van der Waals surface area contributed by atoms with Gasteiger partial charge < -0.3 is 5.11 Å². The van der Waals surface area contributed by atoms with Gasteiger partial charge >= 0.3 is 0 Å². The molecule has 0 aliphatic heterocycles. The largest absolute Gasteiger partial charge is 0.508 e. The van der Waals surface area contributed by atoms with Gasteiger partial charge in [-0.1, -0.05) is 31.2 Å². The highest BCUT2D eigenvalue weighted by Gasteiger charge is 2.22. The molecule has 0 aromatic heterocycles. The number of phenolic OH excluding ortho intramolecular Hbond substituents is 1. The van der Waals surface area contributed by atoms with Crippen LogP contribution in [0.2, 0.25) is 0 Å². The molecule has 2 nitrogen and oxygen atoms in total. The summed E-state index contributed by atoms with van der Waals surface area (Å²) in [5.41, 5.74) is 6.08. The summed E-state index contributed by atoms with van der Waals surface area (Å²) in [4.78, 5) is 12.5. The minimum absolute atomic E-state index is 0.0375. The molecule has 0 amide bonds. The van der Waals surface area contributed by atoms with Gasteiger partial charge in [0.2, 0.25) is 0 Å². The number of fused-ring (bicyclic) bond motifs is 1. The van der Waals surface area contributed by atoms with Crippen molar-refractivity contribution in [1.29, 1.82) is 0 Å². The maximum absolute atomic E-state index is 12.5. The number of aryl methyl sites for hydroxylation is 1. The average Bonchev–Trinajstić information content (AvgIpc) is 2.62. The summed E-state index contributed by atoms with van der Waals surface area (Å²) in [5.74, 6) is 0.329. The molecule has 0 radical (unpaired) electrons. The van der Waals surface area contributed by atoms with Crippen LogP contribution in [0.15, 0.2) is 42.5 Å². The minimum Gasteiger partial charge on any atom is -0.508 e. The van der Waals surface area contributed by atoms with Crippen molar-refractivity contribution in [3.05, 3.63) is 70.3 Å². The fraction of sp³-hybridized carbons (Fsp3) is 0.318. The highest BCUT2D eigenvalue weighted by molar-refractivity contribution is 7.16. The van der Waals surface area contributed by atoms with Crippen LogP contribution in [0.25, 0.3) is 5.57 Å². The van der Waals surface area contributed by atoms with Gasteiger partial charge in [-0.15, -0.1) is 9.24 Å². The van der Waals surface area contributed by atoms with Gasteiger partial charge in [-0.25, -0.2) is 0 Å². The van der Waals surface area contributed by atoms with Crippen LogP contribution < -0.4 is 0 Å². The molecule has 2 aromatic rings. The molecule has 0 bridgehead atoms. The zero-order chi connectivity index (χ0) is 17.8. The van der Waals surface area contributed by atoms with E-state index in [4.69, 9.17) is 0 Å². The van der Waals surface area contributed by atoms with Gasteiger partial charge in [0.25, 0.3) is 0 Å². The monoisotopic (exact) mass is 352 g/mol. The van der Waals surface area contributed by atoms with Gasteiger partial charge in [0.1, 0.15) is 5.75 Å². The van der Waals surface area contributed by atoms with Crippen LogP contribution >= 0.6 is 9.24 Å². The topological polar surface area (TPSA) is 37.3 Å². The molecule has 3 rings (SSSR count). The maximum Gasteiger partial charge on any atom is 0.186 e. The number of phenols is 1. The van der Waals surface area contributed by atoms with Crippen LogP contribution in [0, 0.1) is 0 Å². The van der Waals surface area contributed by atoms with E-state index in [0.29, 0.717) is 12.2 Å². The maximum atomic E-state index is 12.5. The molecule has 0 spiro atoms. The van der Waals surface area contributed by atoms with Crippen molar-refractivity contribution in [2.75, 3.05) is 6.16 Å². The second kappa shape index (κ2) is 7.97. The van der Waals surface area contributed by atoms with Crippen LogP contribution in [0.4, 0.5) is 0 Å². The Hall–Kier alpha value is -1.92. The molecule has 0 heterocycles. The van der Waals surface area contributed by atoms with Crippen molar-refractivity contribution in [2.24, 2.45) is 0 Å². The molecule has 130 valence electrons. The molecular formula is C22H25O2P. The third-order valence-electron chi connectivity index (χ3n) is 4.94. The Balaban J connectivity index is 1.85. The quantitative estimate of drug-likeness (QED) is 0.588. The first-order chi connectivity index (χ1) is 12.1. The lowest BCUT2D eigenvalue weighted by Crippen LogP contribution is -2.12.